The number of likely N-dealkylation sites (tertiary alicyclic amines) is 2. The van der Waals surface area contributed by atoms with Crippen molar-refractivity contribution in [3.8, 4) is 5.75 Å². The Morgan fingerprint density at radius 3 is 2.63 bits per heavy atom. The van der Waals surface area contributed by atoms with Crippen molar-refractivity contribution < 1.29 is 14.3 Å². The van der Waals surface area contributed by atoms with E-state index in [1.54, 1.807) is 37.0 Å². The van der Waals surface area contributed by atoms with Crippen LogP contribution in [0.2, 0.25) is 0 Å². The Kier molecular flexibility index (Phi) is 4.42. The molecule has 5 rings (SSSR count). The standard InChI is InChI=1S/C22H23N5O3/c1-14(28)26-12-16-11-25(22(29)19-10-23-20-4-3-9-24-27(19)20)13-18(16)21(26)15-5-7-17(30-2)8-6-15/h3-10,16,18,21H,11-13H2,1-2H3/t16-,18-,21+/m1/s1. The predicted molar refractivity (Wildman–Crippen MR) is 109 cm³/mol. The summed E-state index contributed by atoms with van der Waals surface area (Å²) in [5.41, 5.74) is 2.19. The fourth-order valence-corrected chi connectivity index (χ4v) is 4.90. The largest absolute Gasteiger partial charge is 0.497 e. The van der Waals surface area contributed by atoms with Gasteiger partial charge in [0.25, 0.3) is 5.91 Å². The Hall–Kier alpha value is -3.42. The molecule has 8 nitrogen and oxygen atoms in total. The van der Waals surface area contributed by atoms with Crippen LogP contribution in [0, 0.1) is 11.8 Å². The number of ether oxygens (including phenoxy) is 1. The second-order valence-corrected chi connectivity index (χ2v) is 7.96. The summed E-state index contributed by atoms with van der Waals surface area (Å²) in [7, 11) is 1.64. The molecule has 154 valence electrons. The lowest BCUT2D eigenvalue weighted by Crippen LogP contribution is -2.36. The minimum Gasteiger partial charge on any atom is -0.497 e. The molecule has 0 saturated carbocycles. The molecule has 0 spiro atoms. The molecule has 2 aromatic heterocycles. The van der Waals surface area contributed by atoms with Crippen molar-refractivity contribution in [1.29, 1.82) is 0 Å². The van der Waals surface area contributed by atoms with Crippen LogP contribution >= 0.6 is 0 Å². The Morgan fingerprint density at radius 1 is 1.10 bits per heavy atom. The SMILES string of the molecule is COc1ccc([C@H]2[C@@H]3CN(C(=O)c4cnc5cccnn45)C[C@@H]3CN2C(C)=O)cc1. The van der Waals surface area contributed by atoms with Crippen LogP contribution in [-0.4, -0.2) is 63.0 Å². The second-order valence-electron chi connectivity index (χ2n) is 7.96. The summed E-state index contributed by atoms with van der Waals surface area (Å²) < 4.78 is 6.85. The van der Waals surface area contributed by atoms with Crippen molar-refractivity contribution in [2.75, 3.05) is 26.7 Å². The number of hydrogen-bond acceptors (Lipinski definition) is 5. The number of methoxy groups -OCH3 is 1. The van der Waals surface area contributed by atoms with Crippen LogP contribution in [0.4, 0.5) is 0 Å². The maximum absolute atomic E-state index is 13.2. The third-order valence-electron chi connectivity index (χ3n) is 6.31. The summed E-state index contributed by atoms with van der Waals surface area (Å²) in [6.07, 6.45) is 3.23. The molecule has 0 radical (unpaired) electrons. The lowest BCUT2D eigenvalue weighted by atomic mass is 9.89. The van der Waals surface area contributed by atoms with Crippen LogP contribution < -0.4 is 4.74 Å². The van der Waals surface area contributed by atoms with E-state index in [0.29, 0.717) is 31.0 Å². The van der Waals surface area contributed by atoms with Crippen molar-refractivity contribution in [2.45, 2.75) is 13.0 Å². The van der Waals surface area contributed by atoms with Gasteiger partial charge >= 0.3 is 0 Å². The number of benzene rings is 1. The number of carbonyl (C=O) groups is 2. The van der Waals surface area contributed by atoms with E-state index in [1.807, 2.05) is 40.1 Å². The molecule has 30 heavy (non-hydrogen) atoms. The fraction of sp³-hybridized carbons (Fsp3) is 0.364. The van der Waals surface area contributed by atoms with Crippen LogP contribution in [-0.2, 0) is 4.79 Å². The molecule has 2 saturated heterocycles. The fourth-order valence-electron chi connectivity index (χ4n) is 4.90. The summed E-state index contributed by atoms with van der Waals surface area (Å²) in [6, 6.07) is 11.4. The van der Waals surface area contributed by atoms with Gasteiger partial charge in [0.05, 0.1) is 19.3 Å². The van der Waals surface area contributed by atoms with E-state index in [0.717, 1.165) is 11.3 Å². The Labute approximate surface area is 174 Å². The molecular formula is C22H23N5O3. The first-order valence-corrected chi connectivity index (χ1v) is 10.1. The van der Waals surface area contributed by atoms with Crippen molar-refractivity contribution in [3.63, 3.8) is 0 Å². The van der Waals surface area contributed by atoms with Crippen LogP contribution in [0.5, 0.6) is 5.75 Å². The zero-order chi connectivity index (χ0) is 20.8. The molecule has 1 aromatic carbocycles. The van der Waals surface area contributed by atoms with Gasteiger partial charge in [-0.05, 0) is 29.8 Å². The first kappa shape index (κ1) is 18.6. The van der Waals surface area contributed by atoms with Crippen molar-refractivity contribution in [3.05, 3.63) is 60.0 Å². The highest BCUT2D eigenvalue weighted by Gasteiger charge is 2.49. The van der Waals surface area contributed by atoms with Gasteiger partial charge in [-0.15, -0.1) is 0 Å². The van der Waals surface area contributed by atoms with Crippen LogP contribution in [0.15, 0.2) is 48.8 Å². The minimum atomic E-state index is -0.0709. The van der Waals surface area contributed by atoms with E-state index >= 15 is 0 Å². The Morgan fingerprint density at radius 2 is 1.90 bits per heavy atom. The smallest absolute Gasteiger partial charge is 0.274 e. The van der Waals surface area contributed by atoms with Crippen LogP contribution in [0.25, 0.3) is 5.65 Å². The monoisotopic (exact) mass is 405 g/mol. The quantitative estimate of drug-likeness (QED) is 0.666. The average Bonchev–Trinajstić information content (AvgIpc) is 3.45. The minimum absolute atomic E-state index is 0.0449. The summed E-state index contributed by atoms with van der Waals surface area (Å²) in [5, 5.41) is 4.26. The number of hydrogen-bond donors (Lipinski definition) is 0. The molecule has 2 aliphatic heterocycles. The molecule has 3 aromatic rings. The molecule has 0 aliphatic carbocycles. The molecule has 3 atom stereocenters. The molecule has 8 heteroatoms. The summed E-state index contributed by atoms with van der Waals surface area (Å²) >= 11 is 0. The van der Waals surface area contributed by atoms with Crippen molar-refractivity contribution in [2.24, 2.45) is 11.8 Å². The van der Waals surface area contributed by atoms with E-state index in [-0.39, 0.29) is 29.7 Å². The Balaban J connectivity index is 1.42. The zero-order valence-corrected chi connectivity index (χ0v) is 16.9. The molecule has 2 amide bonds. The van der Waals surface area contributed by atoms with Gasteiger partial charge in [0.15, 0.2) is 11.3 Å². The molecule has 2 fully saturated rings. The number of amides is 2. The third kappa shape index (κ3) is 2.91. The van der Waals surface area contributed by atoms with E-state index in [2.05, 4.69) is 10.1 Å². The second kappa shape index (κ2) is 7.12. The molecule has 4 heterocycles. The number of carbonyl (C=O) groups excluding carboxylic acids is 2. The number of aromatic nitrogens is 3. The van der Waals surface area contributed by atoms with Gasteiger partial charge in [0.1, 0.15) is 5.75 Å². The Bertz CT molecular complexity index is 1110. The lowest BCUT2D eigenvalue weighted by molar-refractivity contribution is -0.130. The van der Waals surface area contributed by atoms with Crippen LogP contribution in [0.3, 0.4) is 0 Å². The number of fused-ring (bicyclic) bond motifs is 2. The topological polar surface area (TPSA) is 80.0 Å². The summed E-state index contributed by atoms with van der Waals surface area (Å²) in [6.45, 7) is 3.50. The van der Waals surface area contributed by atoms with Gasteiger partial charge in [0.2, 0.25) is 5.91 Å². The first-order valence-electron chi connectivity index (χ1n) is 10.1. The normalized spacial score (nSPS) is 23.1. The van der Waals surface area contributed by atoms with E-state index in [1.165, 1.54) is 0 Å². The summed E-state index contributed by atoms with van der Waals surface area (Å²) in [4.78, 5) is 33.7. The number of imidazole rings is 1. The van der Waals surface area contributed by atoms with Gasteiger partial charge in [-0.3, -0.25) is 9.59 Å². The highest BCUT2D eigenvalue weighted by molar-refractivity contribution is 5.93. The van der Waals surface area contributed by atoms with Gasteiger partial charge in [-0.1, -0.05) is 12.1 Å². The number of rotatable bonds is 3. The van der Waals surface area contributed by atoms with Gasteiger partial charge in [0, 0.05) is 44.6 Å². The maximum Gasteiger partial charge on any atom is 0.274 e. The maximum atomic E-state index is 13.2. The molecule has 2 aliphatic rings. The molecule has 0 bridgehead atoms. The van der Waals surface area contributed by atoms with E-state index in [4.69, 9.17) is 4.74 Å². The summed E-state index contributed by atoms with van der Waals surface area (Å²) in [5.74, 6) is 1.22. The first-order chi connectivity index (χ1) is 14.6. The predicted octanol–water partition coefficient (Wildman–Crippen LogP) is 2.03. The van der Waals surface area contributed by atoms with Gasteiger partial charge in [-0.2, -0.15) is 5.10 Å². The van der Waals surface area contributed by atoms with Gasteiger partial charge in [-0.25, -0.2) is 9.50 Å². The number of nitrogens with zero attached hydrogens (tertiary/aromatic N) is 5. The van der Waals surface area contributed by atoms with E-state index < -0.39 is 0 Å². The van der Waals surface area contributed by atoms with Gasteiger partial charge < -0.3 is 14.5 Å². The highest BCUT2D eigenvalue weighted by Crippen LogP contribution is 2.45. The highest BCUT2D eigenvalue weighted by atomic mass is 16.5. The van der Waals surface area contributed by atoms with E-state index in [9.17, 15) is 9.59 Å². The molecular weight excluding hydrogens is 382 g/mol. The van der Waals surface area contributed by atoms with Crippen LogP contribution in [0.1, 0.15) is 29.0 Å². The average molecular weight is 405 g/mol. The molecule has 0 unspecified atom stereocenters. The van der Waals surface area contributed by atoms with Crippen molar-refractivity contribution in [1.82, 2.24) is 24.4 Å². The lowest BCUT2D eigenvalue weighted by Gasteiger charge is -2.29. The zero-order valence-electron chi connectivity index (χ0n) is 16.9. The van der Waals surface area contributed by atoms with Crippen molar-refractivity contribution >= 4 is 17.5 Å². The third-order valence-corrected chi connectivity index (χ3v) is 6.31. The molecule has 0 N–H and O–H groups in total.